The van der Waals surface area contributed by atoms with E-state index in [1.807, 2.05) is 18.2 Å². The number of hydrogen-bond acceptors (Lipinski definition) is 3. The van der Waals surface area contributed by atoms with Crippen LogP contribution in [0.2, 0.25) is 5.15 Å². The highest BCUT2D eigenvalue weighted by Crippen LogP contribution is 2.13. The topological polar surface area (TPSA) is 38.7 Å². The van der Waals surface area contributed by atoms with Gasteiger partial charge in [-0.2, -0.15) is 0 Å². The number of hydrogen-bond donors (Lipinski definition) is 0. The zero-order valence-corrected chi connectivity index (χ0v) is 11.4. The van der Waals surface area contributed by atoms with Crippen LogP contribution in [0.1, 0.15) is 30.9 Å². The molecular formula is C14H16ClN3. The van der Waals surface area contributed by atoms with Crippen LogP contribution in [0.15, 0.2) is 30.6 Å². The van der Waals surface area contributed by atoms with Crippen molar-refractivity contribution in [2.75, 3.05) is 0 Å². The van der Waals surface area contributed by atoms with Gasteiger partial charge >= 0.3 is 0 Å². The molecule has 0 aliphatic carbocycles. The molecule has 4 heteroatoms. The summed E-state index contributed by atoms with van der Waals surface area (Å²) in [6, 6.07) is 5.77. The molecule has 0 N–H and O–H groups in total. The molecular weight excluding hydrogens is 246 g/mol. The van der Waals surface area contributed by atoms with Crippen molar-refractivity contribution in [1.82, 2.24) is 15.0 Å². The van der Waals surface area contributed by atoms with Crippen LogP contribution in [0.3, 0.4) is 0 Å². The molecule has 0 saturated carbocycles. The number of rotatable bonds is 4. The monoisotopic (exact) mass is 261 g/mol. The van der Waals surface area contributed by atoms with Gasteiger partial charge in [-0.15, -0.1) is 0 Å². The maximum absolute atomic E-state index is 6.04. The summed E-state index contributed by atoms with van der Waals surface area (Å²) in [6.07, 6.45) is 5.16. The van der Waals surface area contributed by atoms with E-state index in [4.69, 9.17) is 11.6 Å². The van der Waals surface area contributed by atoms with Gasteiger partial charge in [-0.05, 0) is 36.1 Å². The van der Waals surface area contributed by atoms with Gasteiger partial charge in [0.2, 0.25) is 0 Å². The number of halogens is 1. The van der Waals surface area contributed by atoms with Crippen molar-refractivity contribution in [2.45, 2.75) is 26.7 Å². The van der Waals surface area contributed by atoms with Crippen LogP contribution < -0.4 is 0 Å². The van der Waals surface area contributed by atoms with E-state index in [-0.39, 0.29) is 0 Å². The highest BCUT2D eigenvalue weighted by atomic mass is 35.5. The number of aromatic nitrogens is 3. The Morgan fingerprint density at radius 2 is 1.89 bits per heavy atom. The largest absolute Gasteiger partial charge is 0.265 e. The Labute approximate surface area is 112 Å². The van der Waals surface area contributed by atoms with E-state index in [1.165, 1.54) is 0 Å². The van der Waals surface area contributed by atoms with Crippen molar-refractivity contribution >= 4 is 11.6 Å². The molecule has 0 unspecified atom stereocenters. The van der Waals surface area contributed by atoms with E-state index in [1.54, 1.807) is 12.4 Å². The summed E-state index contributed by atoms with van der Waals surface area (Å²) in [5.74, 6) is 1.33. The second kappa shape index (κ2) is 5.91. The van der Waals surface area contributed by atoms with Crippen molar-refractivity contribution in [3.63, 3.8) is 0 Å². The fourth-order valence-corrected chi connectivity index (χ4v) is 2.02. The van der Waals surface area contributed by atoms with E-state index in [2.05, 4.69) is 28.8 Å². The van der Waals surface area contributed by atoms with Crippen LogP contribution in [-0.4, -0.2) is 15.0 Å². The fourth-order valence-electron chi connectivity index (χ4n) is 1.80. The maximum Gasteiger partial charge on any atom is 0.134 e. The lowest BCUT2D eigenvalue weighted by Crippen LogP contribution is -2.04. The third-order valence-corrected chi connectivity index (χ3v) is 2.72. The van der Waals surface area contributed by atoms with Crippen LogP contribution in [0.25, 0.3) is 0 Å². The lowest BCUT2D eigenvalue weighted by Gasteiger charge is -2.07. The summed E-state index contributed by atoms with van der Waals surface area (Å²) in [6.45, 7) is 4.33. The van der Waals surface area contributed by atoms with E-state index < -0.39 is 0 Å². The molecule has 2 heterocycles. The van der Waals surface area contributed by atoms with Gasteiger partial charge in [-0.3, -0.25) is 4.98 Å². The van der Waals surface area contributed by atoms with E-state index in [0.717, 1.165) is 23.5 Å². The van der Waals surface area contributed by atoms with E-state index >= 15 is 0 Å². The van der Waals surface area contributed by atoms with Gasteiger partial charge in [-0.1, -0.05) is 25.4 Å². The minimum Gasteiger partial charge on any atom is -0.265 e. The molecule has 0 bridgehead atoms. The Kier molecular flexibility index (Phi) is 4.26. The Morgan fingerprint density at radius 1 is 1.17 bits per heavy atom. The van der Waals surface area contributed by atoms with Crippen LogP contribution in [-0.2, 0) is 12.8 Å². The predicted molar refractivity (Wildman–Crippen MR) is 72.6 cm³/mol. The summed E-state index contributed by atoms with van der Waals surface area (Å²) < 4.78 is 0. The molecule has 2 rings (SSSR count). The molecule has 0 saturated heterocycles. The average molecular weight is 262 g/mol. The molecule has 2 aromatic rings. The molecule has 0 amide bonds. The van der Waals surface area contributed by atoms with Gasteiger partial charge in [0.05, 0.1) is 0 Å². The van der Waals surface area contributed by atoms with Gasteiger partial charge in [0, 0.05) is 24.5 Å². The molecule has 0 fully saturated rings. The predicted octanol–water partition coefficient (Wildman–Crippen LogP) is 3.31. The Morgan fingerprint density at radius 3 is 2.56 bits per heavy atom. The molecule has 94 valence electrons. The zero-order chi connectivity index (χ0) is 13.0. The zero-order valence-electron chi connectivity index (χ0n) is 10.6. The first-order valence-electron chi connectivity index (χ1n) is 6.04. The summed E-state index contributed by atoms with van der Waals surface area (Å²) in [5.41, 5.74) is 2.15. The van der Waals surface area contributed by atoms with Crippen LogP contribution in [0.5, 0.6) is 0 Å². The second-order valence-electron chi connectivity index (χ2n) is 4.73. The van der Waals surface area contributed by atoms with Crippen molar-refractivity contribution in [3.05, 3.63) is 52.8 Å². The first kappa shape index (κ1) is 13.0. The van der Waals surface area contributed by atoms with Crippen molar-refractivity contribution < 1.29 is 0 Å². The SMILES string of the molecule is CC(C)Cc1cc(Cl)nc(Cc2ccncc2)n1. The Bertz CT molecular complexity index is 512. The van der Waals surface area contributed by atoms with Gasteiger partial charge < -0.3 is 0 Å². The van der Waals surface area contributed by atoms with Crippen molar-refractivity contribution in [3.8, 4) is 0 Å². The second-order valence-corrected chi connectivity index (χ2v) is 5.12. The van der Waals surface area contributed by atoms with Crippen LogP contribution in [0, 0.1) is 5.92 Å². The molecule has 0 aliphatic heterocycles. The number of pyridine rings is 1. The van der Waals surface area contributed by atoms with Gasteiger partial charge in [0.25, 0.3) is 0 Å². The molecule has 0 radical (unpaired) electrons. The Balaban J connectivity index is 2.20. The third kappa shape index (κ3) is 3.77. The summed E-state index contributed by atoms with van der Waals surface area (Å²) in [4.78, 5) is 12.8. The summed E-state index contributed by atoms with van der Waals surface area (Å²) in [5, 5.41) is 0.518. The molecule has 18 heavy (non-hydrogen) atoms. The van der Waals surface area contributed by atoms with E-state index in [9.17, 15) is 0 Å². The highest BCUT2D eigenvalue weighted by molar-refractivity contribution is 6.29. The molecule has 0 atom stereocenters. The van der Waals surface area contributed by atoms with E-state index in [0.29, 0.717) is 17.5 Å². The van der Waals surface area contributed by atoms with Gasteiger partial charge in [0.1, 0.15) is 11.0 Å². The molecule has 0 aliphatic rings. The Hall–Kier alpha value is -1.48. The van der Waals surface area contributed by atoms with Crippen LogP contribution in [0.4, 0.5) is 0 Å². The normalized spacial score (nSPS) is 10.9. The first-order valence-corrected chi connectivity index (χ1v) is 6.42. The van der Waals surface area contributed by atoms with Crippen molar-refractivity contribution in [2.24, 2.45) is 5.92 Å². The average Bonchev–Trinajstić information content (AvgIpc) is 2.28. The third-order valence-electron chi connectivity index (χ3n) is 2.52. The molecule has 0 aromatic carbocycles. The molecule has 0 spiro atoms. The first-order chi connectivity index (χ1) is 8.63. The highest BCUT2D eigenvalue weighted by Gasteiger charge is 2.06. The molecule has 3 nitrogen and oxygen atoms in total. The molecule has 2 aromatic heterocycles. The smallest absolute Gasteiger partial charge is 0.134 e. The minimum atomic E-state index is 0.518. The lowest BCUT2D eigenvalue weighted by atomic mass is 10.1. The standard InChI is InChI=1S/C14H16ClN3/c1-10(2)7-12-9-13(15)18-14(17-12)8-11-3-5-16-6-4-11/h3-6,9-10H,7-8H2,1-2H3. The fraction of sp³-hybridized carbons (Fsp3) is 0.357. The quantitative estimate of drug-likeness (QED) is 0.793. The minimum absolute atomic E-state index is 0.518. The summed E-state index contributed by atoms with van der Waals surface area (Å²) in [7, 11) is 0. The van der Waals surface area contributed by atoms with Gasteiger partial charge in [0.15, 0.2) is 0 Å². The lowest BCUT2D eigenvalue weighted by molar-refractivity contribution is 0.631. The summed E-state index contributed by atoms with van der Waals surface area (Å²) >= 11 is 6.04. The van der Waals surface area contributed by atoms with Gasteiger partial charge in [-0.25, -0.2) is 9.97 Å². The van der Waals surface area contributed by atoms with Crippen LogP contribution >= 0.6 is 11.6 Å². The van der Waals surface area contributed by atoms with Crippen molar-refractivity contribution in [1.29, 1.82) is 0 Å². The maximum atomic E-state index is 6.04. The number of nitrogens with zero attached hydrogens (tertiary/aromatic N) is 3.